The minimum absolute atomic E-state index is 0.0664. The minimum Gasteiger partial charge on any atom is -0.399 e. The molecule has 3 aliphatic rings. The first-order valence-electron chi connectivity index (χ1n) is 9.02. The number of hydrogen-bond donors (Lipinski definition) is 1. The average Bonchev–Trinajstić information content (AvgIpc) is 2.72. The molecule has 134 valence electrons. The smallest absolute Gasteiger partial charge is 0.399 e. The number of amides is 1. The van der Waals surface area contributed by atoms with E-state index in [1.165, 1.54) is 0 Å². The van der Waals surface area contributed by atoms with Gasteiger partial charge >= 0.3 is 7.12 Å². The fourth-order valence-electron chi connectivity index (χ4n) is 3.66. The molecule has 3 heterocycles. The lowest BCUT2D eigenvalue weighted by Crippen LogP contribution is -2.52. The summed E-state index contributed by atoms with van der Waals surface area (Å²) in [5.74, 6) is 0.828. The number of aliphatic hydroxyl groups is 1. The Morgan fingerprint density at radius 3 is 2.44 bits per heavy atom. The fraction of sp³-hybridized carbons (Fsp3) is 0.667. The molecule has 2 aliphatic heterocycles. The van der Waals surface area contributed by atoms with Crippen LogP contribution >= 0.6 is 0 Å². The van der Waals surface area contributed by atoms with Gasteiger partial charge in [-0.2, -0.15) is 0 Å². The summed E-state index contributed by atoms with van der Waals surface area (Å²) in [7, 11) is -0.445. The second-order valence-electron chi connectivity index (χ2n) is 8.38. The summed E-state index contributed by atoms with van der Waals surface area (Å²) in [6.45, 7) is 8.12. The number of carbonyl (C=O) groups is 1. The standard InChI is InChI=1S/C18H25BN2O4/c1-17(2)18(3,4)25-19(24-17)12-7-11-5-6-15(23)21(16(11)20-10-12)13-8-14(22)9-13/h7,10,13-14,22H,5-6,8-9H2,1-4H3/t13-,14+. The van der Waals surface area contributed by atoms with E-state index < -0.39 is 18.3 Å². The van der Waals surface area contributed by atoms with Crippen LogP contribution in [0.5, 0.6) is 0 Å². The largest absolute Gasteiger partial charge is 0.496 e. The molecule has 0 unspecified atom stereocenters. The first kappa shape index (κ1) is 17.0. The maximum atomic E-state index is 12.4. The van der Waals surface area contributed by atoms with Gasteiger partial charge in [0.1, 0.15) is 5.82 Å². The number of nitrogens with zero attached hydrogens (tertiary/aromatic N) is 2. The van der Waals surface area contributed by atoms with E-state index in [-0.39, 0.29) is 18.1 Å². The summed E-state index contributed by atoms with van der Waals surface area (Å²) < 4.78 is 12.2. The van der Waals surface area contributed by atoms with Crippen LogP contribution in [0.4, 0.5) is 5.82 Å². The van der Waals surface area contributed by atoms with Crippen molar-refractivity contribution >= 4 is 24.3 Å². The zero-order valence-corrected chi connectivity index (χ0v) is 15.3. The Labute approximate surface area is 148 Å². The summed E-state index contributed by atoms with van der Waals surface area (Å²) >= 11 is 0. The van der Waals surface area contributed by atoms with Crippen molar-refractivity contribution in [1.82, 2.24) is 4.98 Å². The van der Waals surface area contributed by atoms with Gasteiger partial charge in [0.25, 0.3) is 0 Å². The number of fused-ring (bicyclic) bond motifs is 1. The number of rotatable bonds is 2. The Morgan fingerprint density at radius 2 is 1.84 bits per heavy atom. The van der Waals surface area contributed by atoms with Crippen LogP contribution in [0, 0.1) is 0 Å². The van der Waals surface area contributed by atoms with Crippen LogP contribution < -0.4 is 10.4 Å². The zero-order chi connectivity index (χ0) is 18.0. The minimum atomic E-state index is -0.445. The predicted octanol–water partition coefficient (Wildman–Crippen LogP) is 1.18. The quantitative estimate of drug-likeness (QED) is 0.816. The average molecular weight is 344 g/mol. The molecule has 1 aliphatic carbocycles. The van der Waals surface area contributed by atoms with Crippen molar-refractivity contribution < 1.29 is 19.2 Å². The monoisotopic (exact) mass is 344 g/mol. The molecule has 1 saturated carbocycles. The van der Waals surface area contributed by atoms with E-state index in [0.717, 1.165) is 16.8 Å². The molecule has 1 saturated heterocycles. The zero-order valence-electron chi connectivity index (χ0n) is 15.3. The molecule has 1 aromatic rings. The third-order valence-corrected chi connectivity index (χ3v) is 6.05. The van der Waals surface area contributed by atoms with Crippen molar-refractivity contribution in [1.29, 1.82) is 0 Å². The maximum Gasteiger partial charge on any atom is 0.496 e. The van der Waals surface area contributed by atoms with Crippen molar-refractivity contribution in [3.63, 3.8) is 0 Å². The Balaban J connectivity index is 1.62. The molecule has 1 amide bonds. The van der Waals surface area contributed by atoms with Gasteiger partial charge in [0, 0.05) is 24.1 Å². The molecule has 4 rings (SSSR count). The number of aryl methyl sites for hydroxylation is 1. The lowest BCUT2D eigenvalue weighted by atomic mass is 9.78. The maximum absolute atomic E-state index is 12.4. The van der Waals surface area contributed by atoms with Crippen LogP contribution in [0.1, 0.15) is 52.5 Å². The van der Waals surface area contributed by atoms with E-state index in [4.69, 9.17) is 9.31 Å². The number of pyridine rings is 1. The third kappa shape index (κ3) is 2.69. The molecule has 0 radical (unpaired) electrons. The molecule has 0 spiro atoms. The summed E-state index contributed by atoms with van der Waals surface area (Å²) in [6.07, 6.45) is 3.88. The van der Waals surface area contributed by atoms with E-state index in [9.17, 15) is 9.90 Å². The molecular weight excluding hydrogens is 319 g/mol. The molecule has 2 fully saturated rings. The summed E-state index contributed by atoms with van der Waals surface area (Å²) in [6, 6.07) is 2.12. The predicted molar refractivity (Wildman–Crippen MR) is 94.8 cm³/mol. The molecule has 0 aromatic carbocycles. The van der Waals surface area contributed by atoms with Crippen LogP contribution in [-0.2, 0) is 20.5 Å². The highest BCUT2D eigenvalue weighted by Crippen LogP contribution is 2.38. The van der Waals surface area contributed by atoms with E-state index >= 15 is 0 Å². The number of hydrogen-bond acceptors (Lipinski definition) is 5. The van der Waals surface area contributed by atoms with Gasteiger partial charge < -0.3 is 14.4 Å². The van der Waals surface area contributed by atoms with Crippen molar-refractivity contribution in [2.75, 3.05) is 4.90 Å². The lowest BCUT2D eigenvalue weighted by Gasteiger charge is -2.42. The van der Waals surface area contributed by atoms with Crippen molar-refractivity contribution in [3.8, 4) is 0 Å². The second-order valence-corrected chi connectivity index (χ2v) is 8.38. The molecular formula is C18H25BN2O4. The normalized spacial score (nSPS) is 30.2. The Kier molecular flexibility index (Phi) is 3.76. The molecule has 25 heavy (non-hydrogen) atoms. The SMILES string of the molecule is CC1(C)OB(c2cnc3c(c2)CCC(=O)N3[C@H]2C[C@@H](O)C2)OC1(C)C. The number of anilines is 1. The lowest BCUT2D eigenvalue weighted by molar-refractivity contribution is -0.120. The van der Waals surface area contributed by atoms with Gasteiger partial charge in [-0.1, -0.05) is 6.07 Å². The van der Waals surface area contributed by atoms with E-state index in [1.807, 2.05) is 27.7 Å². The first-order chi connectivity index (χ1) is 11.7. The fourth-order valence-corrected chi connectivity index (χ4v) is 3.66. The van der Waals surface area contributed by atoms with Gasteiger partial charge in [0.2, 0.25) is 5.91 Å². The summed E-state index contributed by atoms with van der Waals surface area (Å²) in [5.41, 5.74) is 1.16. The van der Waals surface area contributed by atoms with E-state index in [1.54, 1.807) is 11.1 Å². The van der Waals surface area contributed by atoms with Crippen LogP contribution in [-0.4, -0.2) is 46.5 Å². The first-order valence-corrected chi connectivity index (χ1v) is 9.02. The molecule has 0 atom stereocenters. The van der Waals surface area contributed by atoms with Crippen LogP contribution in [0.25, 0.3) is 0 Å². The highest BCUT2D eigenvalue weighted by molar-refractivity contribution is 6.62. The Morgan fingerprint density at radius 1 is 1.20 bits per heavy atom. The van der Waals surface area contributed by atoms with Crippen molar-refractivity contribution in [2.24, 2.45) is 0 Å². The Bertz CT molecular complexity index is 699. The van der Waals surface area contributed by atoms with Gasteiger partial charge in [-0.25, -0.2) is 4.98 Å². The van der Waals surface area contributed by atoms with Gasteiger partial charge in [0.05, 0.1) is 17.3 Å². The van der Waals surface area contributed by atoms with Crippen molar-refractivity contribution in [2.45, 2.75) is 76.7 Å². The third-order valence-electron chi connectivity index (χ3n) is 6.05. The van der Waals surface area contributed by atoms with Gasteiger partial charge in [0.15, 0.2) is 0 Å². The highest BCUT2D eigenvalue weighted by Gasteiger charge is 2.52. The van der Waals surface area contributed by atoms with Crippen LogP contribution in [0.2, 0.25) is 0 Å². The molecule has 0 bridgehead atoms. The molecule has 1 N–H and O–H groups in total. The topological polar surface area (TPSA) is 71.9 Å². The second kappa shape index (κ2) is 5.53. The van der Waals surface area contributed by atoms with Gasteiger partial charge in [-0.15, -0.1) is 0 Å². The van der Waals surface area contributed by atoms with E-state index in [2.05, 4.69) is 11.1 Å². The van der Waals surface area contributed by atoms with Gasteiger partial charge in [-0.05, 0) is 52.5 Å². The number of carbonyl (C=O) groups excluding carboxylic acids is 1. The van der Waals surface area contributed by atoms with Crippen LogP contribution in [0.15, 0.2) is 12.3 Å². The van der Waals surface area contributed by atoms with E-state index in [0.29, 0.717) is 25.7 Å². The van der Waals surface area contributed by atoms with Crippen LogP contribution in [0.3, 0.4) is 0 Å². The number of aliphatic hydroxyl groups excluding tert-OH is 1. The summed E-state index contributed by atoms with van der Waals surface area (Å²) in [5, 5.41) is 9.58. The van der Waals surface area contributed by atoms with Crippen molar-refractivity contribution in [3.05, 3.63) is 17.8 Å². The highest BCUT2D eigenvalue weighted by atomic mass is 16.7. The van der Waals surface area contributed by atoms with Gasteiger partial charge in [-0.3, -0.25) is 9.69 Å². The molecule has 1 aromatic heterocycles. The molecule has 7 heteroatoms. The number of aromatic nitrogens is 1. The summed E-state index contributed by atoms with van der Waals surface area (Å²) in [4.78, 5) is 18.7. The Hall–Kier alpha value is -1.44. The molecule has 6 nitrogen and oxygen atoms in total.